The van der Waals surface area contributed by atoms with Crippen molar-refractivity contribution >= 4 is 0 Å². The smallest absolute Gasteiger partial charge is 0.0547 e. The fourth-order valence-corrected chi connectivity index (χ4v) is 1.84. The van der Waals surface area contributed by atoms with E-state index in [1.165, 1.54) is 38.8 Å². The average molecular weight is 185 g/mol. The third kappa shape index (κ3) is 4.63. The number of rotatable bonds is 5. The molecule has 0 amide bonds. The molecule has 0 aromatic rings. The standard InChI is InChI=1S/C11H23NO/c1-3-4-10(2)13-9-11-5-7-12-8-6-11/h10-12H,3-9H2,1-2H3. The summed E-state index contributed by atoms with van der Waals surface area (Å²) in [6.07, 6.45) is 5.47. The zero-order valence-electron chi connectivity index (χ0n) is 9.01. The molecule has 1 unspecified atom stereocenters. The van der Waals surface area contributed by atoms with Crippen molar-refractivity contribution in [3.63, 3.8) is 0 Å². The van der Waals surface area contributed by atoms with Crippen molar-refractivity contribution in [2.24, 2.45) is 5.92 Å². The summed E-state index contributed by atoms with van der Waals surface area (Å²) in [6.45, 7) is 7.73. The summed E-state index contributed by atoms with van der Waals surface area (Å²) in [5.74, 6) is 0.806. The van der Waals surface area contributed by atoms with Crippen LogP contribution in [0, 0.1) is 5.92 Å². The molecular formula is C11H23NO. The van der Waals surface area contributed by atoms with Gasteiger partial charge >= 0.3 is 0 Å². The third-order valence-corrected chi connectivity index (χ3v) is 2.77. The molecule has 13 heavy (non-hydrogen) atoms. The van der Waals surface area contributed by atoms with Crippen molar-refractivity contribution in [1.29, 1.82) is 0 Å². The van der Waals surface area contributed by atoms with Crippen molar-refractivity contribution in [2.75, 3.05) is 19.7 Å². The van der Waals surface area contributed by atoms with Gasteiger partial charge in [-0.3, -0.25) is 0 Å². The quantitative estimate of drug-likeness (QED) is 0.709. The zero-order valence-corrected chi connectivity index (χ0v) is 9.01. The Morgan fingerprint density at radius 3 is 2.69 bits per heavy atom. The SMILES string of the molecule is CCCC(C)OCC1CCNCC1. The predicted molar refractivity (Wildman–Crippen MR) is 55.9 cm³/mol. The summed E-state index contributed by atoms with van der Waals surface area (Å²) >= 11 is 0. The Hall–Kier alpha value is -0.0800. The van der Waals surface area contributed by atoms with Crippen LogP contribution in [-0.4, -0.2) is 25.8 Å². The molecule has 0 saturated carbocycles. The van der Waals surface area contributed by atoms with Crippen LogP contribution in [0.2, 0.25) is 0 Å². The van der Waals surface area contributed by atoms with E-state index in [9.17, 15) is 0 Å². The number of nitrogens with one attached hydrogen (secondary N) is 1. The van der Waals surface area contributed by atoms with E-state index in [0.717, 1.165) is 12.5 Å². The number of piperidine rings is 1. The van der Waals surface area contributed by atoms with Crippen molar-refractivity contribution in [1.82, 2.24) is 5.32 Å². The van der Waals surface area contributed by atoms with Crippen LogP contribution in [0.25, 0.3) is 0 Å². The van der Waals surface area contributed by atoms with Crippen LogP contribution in [-0.2, 0) is 4.74 Å². The monoisotopic (exact) mass is 185 g/mol. The van der Waals surface area contributed by atoms with Gasteiger partial charge in [-0.25, -0.2) is 0 Å². The van der Waals surface area contributed by atoms with Crippen molar-refractivity contribution in [3.05, 3.63) is 0 Å². The topological polar surface area (TPSA) is 21.3 Å². The molecule has 1 aliphatic heterocycles. The summed E-state index contributed by atoms with van der Waals surface area (Å²) in [5.41, 5.74) is 0. The van der Waals surface area contributed by atoms with Gasteiger partial charge in [0.05, 0.1) is 6.10 Å². The molecule has 2 heteroatoms. The highest BCUT2D eigenvalue weighted by Gasteiger charge is 2.13. The molecule has 1 N–H and O–H groups in total. The first kappa shape index (κ1) is 11.0. The Balaban J connectivity index is 2.03. The van der Waals surface area contributed by atoms with Crippen LogP contribution in [0.5, 0.6) is 0 Å². The van der Waals surface area contributed by atoms with Crippen LogP contribution in [0.3, 0.4) is 0 Å². The van der Waals surface area contributed by atoms with E-state index >= 15 is 0 Å². The van der Waals surface area contributed by atoms with Crippen LogP contribution >= 0.6 is 0 Å². The highest BCUT2D eigenvalue weighted by Crippen LogP contribution is 2.13. The molecule has 1 fully saturated rings. The minimum absolute atomic E-state index is 0.458. The van der Waals surface area contributed by atoms with Gasteiger partial charge in [0, 0.05) is 6.61 Å². The first-order valence-corrected chi connectivity index (χ1v) is 5.65. The van der Waals surface area contributed by atoms with Gasteiger partial charge in [0.25, 0.3) is 0 Å². The number of ether oxygens (including phenoxy) is 1. The lowest BCUT2D eigenvalue weighted by Crippen LogP contribution is -2.30. The molecule has 0 radical (unpaired) electrons. The maximum absolute atomic E-state index is 5.79. The lowest BCUT2D eigenvalue weighted by atomic mass is 9.99. The summed E-state index contributed by atoms with van der Waals surface area (Å²) in [5, 5.41) is 3.37. The highest BCUT2D eigenvalue weighted by atomic mass is 16.5. The summed E-state index contributed by atoms with van der Waals surface area (Å²) in [4.78, 5) is 0. The van der Waals surface area contributed by atoms with Gasteiger partial charge in [0.15, 0.2) is 0 Å². The molecule has 1 aliphatic rings. The van der Waals surface area contributed by atoms with Gasteiger partial charge in [-0.05, 0) is 45.2 Å². The largest absolute Gasteiger partial charge is 0.378 e. The summed E-state index contributed by atoms with van der Waals surface area (Å²) in [6, 6.07) is 0. The van der Waals surface area contributed by atoms with Gasteiger partial charge in [-0.2, -0.15) is 0 Å². The van der Waals surface area contributed by atoms with E-state index in [4.69, 9.17) is 4.74 Å². The lowest BCUT2D eigenvalue weighted by molar-refractivity contribution is 0.0280. The molecule has 1 saturated heterocycles. The second-order valence-corrected chi connectivity index (χ2v) is 4.13. The molecule has 0 aliphatic carbocycles. The fraction of sp³-hybridized carbons (Fsp3) is 1.00. The molecule has 0 spiro atoms. The summed E-state index contributed by atoms with van der Waals surface area (Å²) < 4.78 is 5.79. The second kappa shape index (κ2) is 6.39. The van der Waals surface area contributed by atoms with Crippen molar-refractivity contribution < 1.29 is 4.74 Å². The minimum Gasteiger partial charge on any atom is -0.378 e. The Morgan fingerprint density at radius 1 is 1.38 bits per heavy atom. The van der Waals surface area contributed by atoms with Crippen LogP contribution in [0.15, 0.2) is 0 Å². The highest BCUT2D eigenvalue weighted by molar-refractivity contribution is 4.68. The number of hydrogen-bond donors (Lipinski definition) is 1. The van der Waals surface area contributed by atoms with Crippen LogP contribution in [0.4, 0.5) is 0 Å². The van der Waals surface area contributed by atoms with Gasteiger partial charge in [0.1, 0.15) is 0 Å². The molecule has 1 heterocycles. The van der Waals surface area contributed by atoms with Crippen molar-refractivity contribution in [3.8, 4) is 0 Å². The molecule has 0 bridgehead atoms. The zero-order chi connectivity index (χ0) is 9.52. The van der Waals surface area contributed by atoms with E-state index in [0.29, 0.717) is 6.10 Å². The van der Waals surface area contributed by atoms with Gasteiger partial charge in [-0.15, -0.1) is 0 Å². The van der Waals surface area contributed by atoms with E-state index < -0.39 is 0 Å². The van der Waals surface area contributed by atoms with E-state index in [2.05, 4.69) is 19.2 Å². The lowest BCUT2D eigenvalue weighted by Gasteiger charge is -2.24. The molecule has 1 rings (SSSR count). The van der Waals surface area contributed by atoms with E-state index in [1.54, 1.807) is 0 Å². The van der Waals surface area contributed by atoms with E-state index in [1.807, 2.05) is 0 Å². The minimum atomic E-state index is 0.458. The van der Waals surface area contributed by atoms with Gasteiger partial charge in [-0.1, -0.05) is 13.3 Å². The Morgan fingerprint density at radius 2 is 2.08 bits per heavy atom. The predicted octanol–water partition coefficient (Wildman–Crippen LogP) is 2.19. The molecule has 0 aromatic carbocycles. The first-order valence-electron chi connectivity index (χ1n) is 5.65. The first-order chi connectivity index (χ1) is 6.33. The molecule has 0 aromatic heterocycles. The maximum atomic E-state index is 5.79. The number of hydrogen-bond acceptors (Lipinski definition) is 2. The molecule has 1 atom stereocenters. The Kier molecular flexibility index (Phi) is 5.40. The summed E-state index contributed by atoms with van der Waals surface area (Å²) in [7, 11) is 0. The maximum Gasteiger partial charge on any atom is 0.0547 e. The second-order valence-electron chi connectivity index (χ2n) is 4.13. The van der Waals surface area contributed by atoms with Gasteiger partial charge < -0.3 is 10.1 Å². The Bertz CT molecular complexity index is 121. The van der Waals surface area contributed by atoms with E-state index in [-0.39, 0.29) is 0 Å². The third-order valence-electron chi connectivity index (χ3n) is 2.77. The van der Waals surface area contributed by atoms with Gasteiger partial charge in [0.2, 0.25) is 0 Å². The normalized spacial score (nSPS) is 21.7. The van der Waals surface area contributed by atoms with Crippen LogP contribution < -0.4 is 5.32 Å². The molecule has 78 valence electrons. The fourth-order valence-electron chi connectivity index (χ4n) is 1.84. The van der Waals surface area contributed by atoms with Crippen molar-refractivity contribution in [2.45, 2.75) is 45.6 Å². The Labute approximate surface area is 82.0 Å². The van der Waals surface area contributed by atoms with Crippen LogP contribution in [0.1, 0.15) is 39.5 Å². The molecule has 2 nitrogen and oxygen atoms in total. The molecular weight excluding hydrogens is 162 g/mol. The average Bonchev–Trinajstić information content (AvgIpc) is 2.17.